The number of hydrogen-bond donors (Lipinski definition) is 0. The average Bonchev–Trinajstić information content (AvgIpc) is 2.24. The lowest BCUT2D eigenvalue weighted by molar-refractivity contribution is -0.0328. The van der Waals surface area contributed by atoms with Crippen LogP contribution in [0, 0.1) is 11.3 Å². The minimum Gasteiger partial charge on any atom is -0.223 e. The minimum absolute atomic E-state index is 0.0116. The van der Waals surface area contributed by atoms with Crippen molar-refractivity contribution >= 4 is 27.7 Å². The van der Waals surface area contributed by atoms with E-state index < -0.39 is 20.3 Å². The molecule has 1 aromatic carbocycles. The first kappa shape index (κ1) is 15.6. The van der Waals surface area contributed by atoms with E-state index in [4.69, 9.17) is 5.26 Å². The third-order valence-corrected chi connectivity index (χ3v) is 3.67. The highest BCUT2D eigenvalue weighted by Crippen LogP contribution is 2.36. The molecule has 0 saturated carbocycles. The first-order chi connectivity index (χ1) is 8.62. The minimum atomic E-state index is -4.37. The topological polar surface area (TPSA) is 57.9 Å². The highest BCUT2D eigenvalue weighted by atomic mass is 32.2. The molecule has 0 saturated heterocycles. The van der Waals surface area contributed by atoms with Crippen molar-refractivity contribution in [3.8, 4) is 6.07 Å². The normalized spacial score (nSPS) is 13.1. The standard InChI is InChI=1S/C11H8F3NO2S2/c1-19(16,17)10(7-15)6-8-2-4-9(5-3-8)18-11(12,13)14/h2-6H,1H3. The molecule has 8 heteroatoms. The van der Waals surface area contributed by atoms with E-state index in [0.717, 1.165) is 12.3 Å². The molecule has 3 nitrogen and oxygen atoms in total. The molecule has 0 atom stereocenters. The third-order valence-electron chi connectivity index (χ3n) is 1.92. The predicted octanol–water partition coefficient (Wildman–Crippen LogP) is 3.21. The Balaban J connectivity index is 3.01. The number of alkyl halides is 3. The molecule has 0 spiro atoms. The molecule has 0 aliphatic rings. The summed E-state index contributed by atoms with van der Waals surface area (Å²) in [6, 6.07) is 6.58. The molecule has 19 heavy (non-hydrogen) atoms. The van der Waals surface area contributed by atoms with Crippen molar-refractivity contribution in [3.05, 3.63) is 34.7 Å². The summed E-state index contributed by atoms with van der Waals surface area (Å²) in [5, 5.41) is 8.68. The van der Waals surface area contributed by atoms with Gasteiger partial charge >= 0.3 is 5.51 Å². The molecule has 0 aromatic heterocycles. The Labute approximate surface area is 112 Å². The number of thioether (sulfide) groups is 1. The first-order valence-corrected chi connectivity index (χ1v) is 7.50. The summed E-state index contributed by atoms with van der Waals surface area (Å²) in [5.74, 6) is 0. The molecule has 0 aliphatic carbocycles. The molecule has 0 heterocycles. The fourth-order valence-corrected chi connectivity index (χ4v) is 2.19. The van der Waals surface area contributed by atoms with Crippen molar-refractivity contribution in [2.75, 3.05) is 6.26 Å². The second kappa shape index (κ2) is 5.67. The van der Waals surface area contributed by atoms with E-state index in [1.54, 1.807) is 0 Å². The summed E-state index contributed by atoms with van der Waals surface area (Å²) in [7, 11) is -3.64. The monoisotopic (exact) mass is 307 g/mol. The second-order valence-corrected chi connectivity index (χ2v) is 6.63. The van der Waals surface area contributed by atoms with Crippen LogP contribution in [0.1, 0.15) is 5.56 Å². The smallest absolute Gasteiger partial charge is 0.223 e. The van der Waals surface area contributed by atoms with Crippen LogP contribution in [0.2, 0.25) is 0 Å². The maximum Gasteiger partial charge on any atom is 0.446 e. The first-order valence-electron chi connectivity index (χ1n) is 4.79. The highest BCUT2D eigenvalue weighted by Gasteiger charge is 2.28. The molecular formula is C11H8F3NO2S2. The zero-order valence-electron chi connectivity index (χ0n) is 9.60. The van der Waals surface area contributed by atoms with Gasteiger partial charge in [0, 0.05) is 11.2 Å². The summed E-state index contributed by atoms with van der Waals surface area (Å²) < 4.78 is 58.6. The summed E-state index contributed by atoms with van der Waals surface area (Å²) in [4.78, 5) is -0.453. The SMILES string of the molecule is CS(=O)(=O)C(C#N)=Cc1ccc(SC(F)(F)F)cc1. The van der Waals surface area contributed by atoms with Gasteiger partial charge in [-0.15, -0.1) is 0 Å². The number of nitrogens with zero attached hydrogens (tertiary/aromatic N) is 1. The Hall–Kier alpha value is -1.46. The van der Waals surface area contributed by atoms with Crippen LogP contribution in [0.4, 0.5) is 13.2 Å². The Morgan fingerprint density at radius 2 is 1.84 bits per heavy atom. The Morgan fingerprint density at radius 3 is 2.21 bits per heavy atom. The van der Waals surface area contributed by atoms with E-state index in [2.05, 4.69) is 0 Å². The van der Waals surface area contributed by atoms with Crippen LogP contribution in [0.15, 0.2) is 34.1 Å². The van der Waals surface area contributed by atoms with Gasteiger partial charge in [0.25, 0.3) is 0 Å². The van der Waals surface area contributed by atoms with Gasteiger partial charge in [0.2, 0.25) is 0 Å². The average molecular weight is 307 g/mol. The van der Waals surface area contributed by atoms with Crippen molar-refractivity contribution in [1.29, 1.82) is 5.26 Å². The van der Waals surface area contributed by atoms with Gasteiger partial charge in [-0.05, 0) is 35.5 Å². The molecule has 0 N–H and O–H groups in total. The van der Waals surface area contributed by atoms with Crippen LogP contribution in [-0.2, 0) is 9.84 Å². The predicted molar refractivity (Wildman–Crippen MR) is 66.8 cm³/mol. The van der Waals surface area contributed by atoms with E-state index in [0.29, 0.717) is 5.56 Å². The zero-order chi connectivity index (χ0) is 14.7. The van der Waals surface area contributed by atoms with Crippen molar-refractivity contribution in [3.63, 3.8) is 0 Å². The molecule has 1 aromatic rings. The lowest BCUT2D eigenvalue weighted by Crippen LogP contribution is -1.99. The number of sulfone groups is 1. The maximum atomic E-state index is 12.1. The van der Waals surface area contributed by atoms with E-state index in [1.807, 2.05) is 0 Å². The molecule has 0 radical (unpaired) electrons. The van der Waals surface area contributed by atoms with Gasteiger partial charge in [-0.3, -0.25) is 0 Å². The van der Waals surface area contributed by atoms with Gasteiger partial charge in [0.1, 0.15) is 11.0 Å². The molecule has 0 aliphatic heterocycles. The van der Waals surface area contributed by atoms with Gasteiger partial charge in [-0.1, -0.05) is 12.1 Å². The molecule has 0 unspecified atom stereocenters. The van der Waals surface area contributed by atoms with Crippen LogP contribution in [0.25, 0.3) is 6.08 Å². The fraction of sp³-hybridized carbons (Fsp3) is 0.182. The van der Waals surface area contributed by atoms with Crippen LogP contribution < -0.4 is 0 Å². The van der Waals surface area contributed by atoms with Crippen molar-refractivity contribution < 1.29 is 21.6 Å². The summed E-state index contributed by atoms with van der Waals surface area (Å²) in [5.41, 5.74) is -4.03. The lowest BCUT2D eigenvalue weighted by atomic mass is 10.2. The van der Waals surface area contributed by atoms with E-state index in [-0.39, 0.29) is 16.7 Å². The Morgan fingerprint density at radius 1 is 1.32 bits per heavy atom. The zero-order valence-corrected chi connectivity index (χ0v) is 11.2. The molecule has 1 rings (SSSR count). The number of benzene rings is 1. The van der Waals surface area contributed by atoms with Crippen molar-refractivity contribution in [2.45, 2.75) is 10.4 Å². The molecule has 0 fully saturated rings. The van der Waals surface area contributed by atoms with Crippen LogP contribution in [0.5, 0.6) is 0 Å². The van der Waals surface area contributed by atoms with Crippen molar-refractivity contribution in [2.24, 2.45) is 0 Å². The lowest BCUT2D eigenvalue weighted by Gasteiger charge is -2.05. The molecule has 102 valence electrons. The van der Waals surface area contributed by atoms with Crippen molar-refractivity contribution in [1.82, 2.24) is 0 Å². The number of nitriles is 1. The maximum absolute atomic E-state index is 12.1. The summed E-state index contributed by atoms with van der Waals surface area (Å²) in [6.45, 7) is 0. The fourth-order valence-electron chi connectivity index (χ4n) is 1.14. The molecule has 0 bridgehead atoms. The largest absolute Gasteiger partial charge is 0.446 e. The van der Waals surface area contributed by atoms with Crippen LogP contribution >= 0.6 is 11.8 Å². The Kier molecular flexibility index (Phi) is 4.66. The molecule has 0 amide bonds. The summed E-state index contributed by atoms with van der Waals surface area (Å²) in [6.07, 6.45) is 1.99. The van der Waals surface area contributed by atoms with Crippen LogP contribution in [-0.4, -0.2) is 20.2 Å². The molecular weight excluding hydrogens is 299 g/mol. The Bertz CT molecular complexity index is 625. The number of halogens is 3. The van der Waals surface area contributed by atoms with Gasteiger partial charge < -0.3 is 0 Å². The van der Waals surface area contributed by atoms with E-state index in [1.165, 1.54) is 30.3 Å². The summed E-state index contributed by atoms with van der Waals surface area (Å²) >= 11 is -0.264. The number of rotatable bonds is 3. The van der Waals surface area contributed by atoms with Gasteiger partial charge in [0.15, 0.2) is 9.84 Å². The highest BCUT2D eigenvalue weighted by molar-refractivity contribution is 8.00. The third kappa shape index (κ3) is 5.36. The quantitative estimate of drug-likeness (QED) is 0.635. The van der Waals surface area contributed by atoms with Gasteiger partial charge in [-0.25, -0.2) is 8.42 Å². The van der Waals surface area contributed by atoms with Gasteiger partial charge in [-0.2, -0.15) is 18.4 Å². The number of allylic oxidation sites excluding steroid dienone is 1. The number of hydrogen-bond acceptors (Lipinski definition) is 4. The second-order valence-electron chi connectivity index (χ2n) is 3.51. The van der Waals surface area contributed by atoms with E-state index in [9.17, 15) is 21.6 Å². The van der Waals surface area contributed by atoms with Crippen LogP contribution in [0.3, 0.4) is 0 Å². The van der Waals surface area contributed by atoms with E-state index >= 15 is 0 Å². The van der Waals surface area contributed by atoms with Gasteiger partial charge in [0.05, 0.1) is 0 Å².